The van der Waals surface area contributed by atoms with E-state index in [-0.39, 0.29) is 0 Å². The van der Waals surface area contributed by atoms with Crippen molar-refractivity contribution in [1.29, 1.82) is 5.26 Å². The lowest BCUT2D eigenvalue weighted by atomic mass is 10.0. The molecule has 0 saturated carbocycles. The third-order valence-electron chi connectivity index (χ3n) is 9.55. The van der Waals surface area contributed by atoms with E-state index in [0.29, 0.717) is 5.56 Å². The molecular weight excluding hydrogens is 649 g/mol. The molecule has 0 aliphatic rings. The van der Waals surface area contributed by atoms with E-state index in [2.05, 4.69) is 132 Å². The van der Waals surface area contributed by atoms with Crippen LogP contribution in [0.25, 0.3) is 91.2 Å². The predicted octanol–water partition coefficient (Wildman–Crippen LogP) is 13.3. The topological polar surface area (TPSA) is 41.9 Å². The van der Waals surface area contributed by atoms with Crippen molar-refractivity contribution in [2.75, 3.05) is 0 Å². The fourth-order valence-corrected chi connectivity index (χ4v) is 9.18. The molecule has 50 heavy (non-hydrogen) atoms. The van der Waals surface area contributed by atoms with Crippen LogP contribution in [0.15, 0.2) is 162 Å². The van der Waals surface area contributed by atoms with Gasteiger partial charge in [-0.05, 0) is 101 Å². The fraction of sp³-hybridized carbons (Fsp3) is 0. The Morgan fingerprint density at radius 1 is 0.440 bits per heavy atom. The van der Waals surface area contributed by atoms with Crippen LogP contribution >= 0.6 is 22.7 Å². The van der Waals surface area contributed by atoms with Crippen LogP contribution < -0.4 is 0 Å². The molecule has 234 valence electrons. The molecule has 5 heteroatoms. The summed E-state index contributed by atoms with van der Waals surface area (Å²) in [7, 11) is 0. The van der Waals surface area contributed by atoms with Crippen molar-refractivity contribution in [3.8, 4) is 53.5 Å². The monoisotopic (exact) mass is 674 g/mol. The van der Waals surface area contributed by atoms with Crippen LogP contribution in [0.1, 0.15) is 5.56 Å². The van der Waals surface area contributed by atoms with Crippen LogP contribution in [0.4, 0.5) is 0 Å². The third-order valence-corrected chi connectivity index (χ3v) is 12.0. The van der Waals surface area contributed by atoms with Gasteiger partial charge in [-0.3, -0.25) is 0 Å². The van der Waals surface area contributed by atoms with Gasteiger partial charge in [0.05, 0.1) is 22.7 Å². The molecule has 0 atom stereocenters. The number of rotatable bonds is 5. The SMILES string of the molecule is N#Cc1ccc(-c2ccc(-c3ccc(-c4ccc(-c5ccc6c(c5)c5ccccc5n6-c5ccc6oc7ccccc7c6c5)cc4)s3)s2)cc1. The Balaban J connectivity index is 0.971. The van der Waals surface area contributed by atoms with Gasteiger partial charge in [-0.2, -0.15) is 5.26 Å². The molecule has 0 radical (unpaired) electrons. The molecule has 0 amide bonds. The Bertz CT molecular complexity index is 2930. The molecule has 0 N–H and O–H groups in total. The van der Waals surface area contributed by atoms with E-state index >= 15 is 0 Å². The second-order valence-electron chi connectivity index (χ2n) is 12.5. The predicted molar refractivity (Wildman–Crippen MR) is 210 cm³/mol. The van der Waals surface area contributed by atoms with Crippen molar-refractivity contribution in [3.63, 3.8) is 0 Å². The van der Waals surface area contributed by atoms with Crippen molar-refractivity contribution in [2.24, 2.45) is 0 Å². The summed E-state index contributed by atoms with van der Waals surface area (Å²) >= 11 is 3.60. The highest BCUT2D eigenvalue weighted by molar-refractivity contribution is 7.25. The largest absolute Gasteiger partial charge is 0.456 e. The highest BCUT2D eigenvalue weighted by Crippen LogP contribution is 2.41. The van der Waals surface area contributed by atoms with Crippen LogP contribution in [0.5, 0.6) is 0 Å². The normalized spacial score (nSPS) is 11.6. The van der Waals surface area contributed by atoms with Crippen LogP contribution in [-0.4, -0.2) is 4.57 Å². The van der Waals surface area contributed by atoms with Crippen molar-refractivity contribution < 1.29 is 4.42 Å². The Hall–Kier alpha value is -6.19. The zero-order valence-corrected chi connectivity index (χ0v) is 28.3. The maximum atomic E-state index is 9.12. The van der Waals surface area contributed by atoms with E-state index in [9.17, 15) is 0 Å². The van der Waals surface area contributed by atoms with Gasteiger partial charge >= 0.3 is 0 Å². The maximum absolute atomic E-state index is 9.12. The number of hydrogen-bond donors (Lipinski definition) is 0. The van der Waals surface area contributed by atoms with Gasteiger partial charge in [0.2, 0.25) is 0 Å². The average molecular weight is 675 g/mol. The van der Waals surface area contributed by atoms with E-state index in [1.807, 2.05) is 47.7 Å². The van der Waals surface area contributed by atoms with Gasteiger partial charge in [-0.15, -0.1) is 22.7 Å². The molecule has 4 aromatic heterocycles. The van der Waals surface area contributed by atoms with Crippen LogP contribution in [-0.2, 0) is 0 Å². The molecule has 0 saturated heterocycles. The van der Waals surface area contributed by atoms with Gasteiger partial charge in [-0.1, -0.05) is 78.9 Å². The second kappa shape index (κ2) is 11.5. The number of benzene rings is 6. The number of nitrogens with zero attached hydrogens (tertiary/aromatic N) is 2. The second-order valence-corrected chi connectivity index (χ2v) is 14.6. The molecule has 0 aliphatic carbocycles. The van der Waals surface area contributed by atoms with E-state index in [1.165, 1.54) is 58.0 Å². The molecule has 0 spiro atoms. The van der Waals surface area contributed by atoms with Crippen LogP contribution in [0.3, 0.4) is 0 Å². The molecule has 3 nitrogen and oxygen atoms in total. The lowest BCUT2D eigenvalue weighted by molar-refractivity contribution is 0.669. The number of para-hydroxylation sites is 2. The molecule has 0 aliphatic heterocycles. The first-order valence-electron chi connectivity index (χ1n) is 16.5. The van der Waals surface area contributed by atoms with Crippen molar-refractivity contribution in [3.05, 3.63) is 163 Å². The molecule has 0 unspecified atom stereocenters. The summed E-state index contributed by atoms with van der Waals surface area (Å²) in [5.41, 5.74) is 10.7. The summed E-state index contributed by atoms with van der Waals surface area (Å²) in [5.74, 6) is 0. The summed E-state index contributed by atoms with van der Waals surface area (Å²) < 4.78 is 8.50. The summed E-state index contributed by atoms with van der Waals surface area (Å²) in [6.45, 7) is 0. The Morgan fingerprint density at radius 2 is 1.02 bits per heavy atom. The average Bonchev–Trinajstić information content (AvgIpc) is 3.99. The van der Waals surface area contributed by atoms with E-state index in [4.69, 9.17) is 9.68 Å². The standard InChI is InChI=1S/C45H26N2OS2/c46-27-28-9-11-30(12-10-28)42-21-23-44(49-42)45-24-22-43(50-45)31-15-13-29(14-16-31)32-17-19-39-36(25-32)34-5-1-3-7-38(34)47(39)33-18-20-41-37(26-33)35-6-2-4-8-40(35)48-41/h1-26H. The fourth-order valence-electron chi connectivity index (χ4n) is 7.07. The summed E-state index contributed by atoms with van der Waals surface area (Å²) in [5, 5.41) is 13.9. The highest BCUT2D eigenvalue weighted by Gasteiger charge is 2.16. The maximum Gasteiger partial charge on any atom is 0.135 e. The Labute approximate surface area is 296 Å². The number of nitriles is 1. The van der Waals surface area contributed by atoms with E-state index in [1.54, 1.807) is 11.3 Å². The minimum Gasteiger partial charge on any atom is -0.456 e. The van der Waals surface area contributed by atoms with Gasteiger partial charge in [0.1, 0.15) is 11.2 Å². The number of fused-ring (bicyclic) bond motifs is 6. The molecule has 6 aromatic carbocycles. The minimum atomic E-state index is 0.682. The smallest absolute Gasteiger partial charge is 0.135 e. The molecule has 4 heterocycles. The van der Waals surface area contributed by atoms with Crippen molar-refractivity contribution in [2.45, 2.75) is 0 Å². The lowest BCUT2D eigenvalue weighted by Gasteiger charge is -2.09. The van der Waals surface area contributed by atoms with Gasteiger partial charge < -0.3 is 8.98 Å². The van der Waals surface area contributed by atoms with E-state index < -0.39 is 0 Å². The summed E-state index contributed by atoms with van der Waals surface area (Å²) in [6, 6.07) is 58.0. The molecule has 0 bridgehead atoms. The Morgan fingerprint density at radius 3 is 1.76 bits per heavy atom. The number of hydrogen-bond acceptors (Lipinski definition) is 4. The zero-order chi connectivity index (χ0) is 33.2. The van der Waals surface area contributed by atoms with Crippen molar-refractivity contribution >= 4 is 66.4 Å². The van der Waals surface area contributed by atoms with Gasteiger partial charge in [0, 0.05) is 46.7 Å². The number of thiophene rings is 2. The summed E-state index contributed by atoms with van der Waals surface area (Å²) in [4.78, 5) is 4.97. The first-order chi connectivity index (χ1) is 24.7. The van der Waals surface area contributed by atoms with Crippen LogP contribution in [0.2, 0.25) is 0 Å². The van der Waals surface area contributed by atoms with E-state index in [0.717, 1.165) is 33.2 Å². The summed E-state index contributed by atoms with van der Waals surface area (Å²) in [6.07, 6.45) is 0. The van der Waals surface area contributed by atoms with Gasteiger partial charge in [0.25, 0.3) is 0 Å². The molecule has 10 rings (SSSR count). The van der Waals surface area contributed by atoms with Gasteiger partial charge in [0.15, 0.2) is 0 Å². The lowest BCUT2D eigenvalue weighted by Crippen LogP contribution is -1.93. The first-order valence-corrected chi connectivity index (χ1v) is 18.1. The Kier molecular flexibility index (Phi) is 6.60. The van der Waals surface area contributed by atoms with Crippen LogP contribution in [0, 0.1) is 11.3 Å². The quantitative estimate of drug-likeness (QED) is 0.182. The van der Waals surface area contributed by atoms with Gasteiger partial charge in [-0.25, -0.2) is 0 Å². The molecule has 0 fully saturated rings. The zero-order valence-electron chi connectivity index (χ0n) is 26.6. The molecular formula is C45H26N2OS2. The van der Waals surface area contributed by atoms with Crippen molar-refractivity contribution in [1.82, 2.24) is 4.57 Å². The minimum absolute atomic E-state index is 0.682. The highest BCUT2D eigenvalue weighted by atomic mass is 32.1. The number of furan rings is 1. The third kappa shape index (κ3) is 4.69. The number of aromatic nitrogens is 1. The molecule has 10 aromatic rings. The first kappa shape index (κ1) is 28.8.